The van der Waals surface area contributed by atoms with Crippen LogP contribution in [0.15, 0.2) is 24.3 Å². The second kappa shape index (κ2) is 14.0. The van der Waals surface area contributed by atoms with E-state index >= 15 is 0 Å². The number of nitrogen functional groups attached to an aromatic ring is 2. The highest BCUT2D eigenvalue weighted by Crippen LogP contribution is 2.38. The van der Waals surface area contributed by atoms with Crippen LogP contribution in [0.4, 0.5) is 11.4 Å². The van der Waals surface area contributed by atoms with Crippen molar-refractivity contribution in [2.75, 3.05) is 11.5 Å². The van der Waals surface area contributed by atoms with E-state index in [1.54, 1.807) is 0 Å². The summed E-state index contributed by atoms with van der Waals surface area (Å²) in [5, 5.41) is 0. The van der Waals surface area contributed by atoms with Crippen molar-refractivity contribution in [1.82, 2.24) is 0 Å². The first-order chi connectivity index (χ1) is 16.7. The van der Waals surface area contributed by atoms with E-state index in [4.69, 9.17) is 11.5 Å². The molecule has 0 fully saturated rings. The van der Waals surface area contributed by atoms with Crippen LogP contribution in [-0.4, -0.2) is 0 Å². The molecular formula is C33H54N2. The molecule has 0 saturated carbocycles. The Labute approximate surface area is 217 Å². The summed E-state index contributed by atoms with van der Waals surface area (Å²) in [4.78, 5) is 0. The number of hydrogen-bond acceptors (Lipinski definition) is 2. The van der Waals surface area contributed by atoms with Gasteiger partial charge in [0.2, 0.25) is 0 Å². The smallest absolute Gasteiger partial charge is 0.0384 e. The molecule has 2 heteroatoms. The van der Waals surface area contributed by atoms with Crippen molar-refractivity contribution in [3.8, 4) is 0 Å². The molecule has 0 aliphatic heterocycles. The zero-order valence-corrected chi connectivity index (χ0v) is 24.1. The van der Waals surface area contributed by atoms with Crippen LogP contribution in [0, 0.1) is 0 Å². The lowest BCUT2D eigenvalue weighted by atomic mass is 9.83. The second-order valence-corrected chi connectivity index (χ2v) is 11.3. The van der Waals surface area contributed by atoms with Gasteiger partial charge in [0, 0.05) is 11.4 Å². The molecule has 0 saturated heterocycles. The third-order valence-electron chi connectivity index (χ3n) is 8.03. The Hall–Kier alpha value is -1.96. The Balaban J connectivity index is 2.60. The summed E-state index contributed by atoms with van der Waals surface area (Å²) in [6.45, 7) is 18.4. The molecule has 2 rings (SSSR count). The second-order valence-electron chi connectivity index (χ2n) is 11.3. The van der Waals surface area contributed by atoms with E-state index in [2.05, 4.69) is 79.7 Å². The van der Waals surface area contributed by atoms with E-state index in [-0.39, 0.29) is 0 Å². The van der Waals surface area contributed by atoms with Gasteiger partial charge in [-0.05, 0) is 89.2 Å². The Kier molecular flexibility index (Phi) is 11.7. The van der Waals surface area contributed by atoms with Crippen LogP contribution < -0.4 is 11.5 Å². The van der Waals surface area contributed by atoms with Crippen molar-refractivity contribution in [1.29, 1.82) is 0 Å². The third kappa shape index (κ3) is 7.51. The first-order valence-electron chi connectivity index (χ1n) is 14.5. The van der Waals surface area contributed by atoms with Gasteiger partial charge in [-0.2, -0.15) is 0 Å². The molecule has 0 aromatic heterocycles. The maximum Gasteiger partial charge on any atom is 0.0384 e. The minimum Gasteiger partial charge on any atom is -0.398 e. The fourth-order valence-corrected chi connectivity index (χ4v) is 5.95. The minimum atomic E-state index is 0.485. The molecule has 4 unspecified atom stereocenters. The zero-order valence-electron chi connectivity index (χ0n) is 24.1. The van der Waals surface area contributed by atoms with Gasteiger partial charge in [0.15, 0.2) is 0 Å². The molecule has 0 aliphatic rings. The fraction of sp³-hybridized carbons (Fsp3) is 0.636. The van der Waals surface area contributed by atoms with Crippen LogP contribution in [0.25, 0.3) is 0 Å². The summed E-state index contributed by atoms with van der Waals surface area (Å²) in [5.74, 6) is 1.94. The average molecular weight is 479 g/mol. The predicted octanol–water partition coefficient (Wildman–Crippen LogP) is 10.1. The van der Waals surface area contributed by atoms with Crippen LogP contribution in [-0.2, 0) is 6.42 Å². The van der Waals surface area contributed by atoms with E-state index in [1.807, 2.05) is 0 Å². The Morgan fingerprint density at radius 2 is 0.714 bits per heavy atom. The fourth-order valence-electron chi connectivity index (χ4n) is 5.95. The molecule has 2 nitrogen and oxygen atoms in total. The molecule has 0 amide bonds. The predicted molar refractivity (Wildman–Crippen MR) is 158 cm³/mol. The average Bonchev–Trinajstić information content (AvgIpc) is 2.81. The number of nitrogens with two attached hydrogens (primary N) is 2. The summed E-state index contributed by atoms with van der Waals surface area (Å²) in [5.41, 5.74) is 23.8. The van der Waals surface area contributed by atoms with Gasteiger partial charge in [0.1, 0.15) is 0 Å². The lowest BCUT2D eigenvalue weighted by Gasteiger charge is -2.24. The quantitative estimate of drug-likeness (QED) is 0.265. The van der Waals surface area contributed by atoms with E-state index in [0.717, 1.165) is 17.8 Å². The Morgan fingerprint density at radius 1 is 0.486 bits per heavy atom. The largest absolute Gasteiger partial charge is 0.398 e. The minimum absolute atomic E-state index is 0.485. The molecule has 35 heavy (non-hydrogen) atoms. The van der Waals surface area contributed by atoms with Crippen LogP contribution in [0.1, 0.15) is 164 Å². The molecule has 2 aromatic rings. The van der Waals surface area contributed by atoms with E-state index in [0.29, 0.717) is 23.7 Å². The lowest BCUT2D eigenvalue weighted by molar-refractivity contribution is 0.649. The Bertz CT molecular complexity index is 787. The zero-order chi connectivity index (χ0) is 26.1. The van der Waals surface area contributed by atoms with Crippen molar-refractivity contribution in [2.45, 2.75) is 137 Å². The molecule has 0 radical (unpaired) electrons. The van der Waals surface area contributed by atoms with Gasteiger partial charge in [-0.1, -0.05) is 105 Å². The topological polar surface area (TPSA) is 52.0 Å². The molecule has 0 spiro atoms. The van der Waals surface area contributed by atoms with E-state index in [9.17, 15) is 0 Å². The molecule has 4 N–H and O–H groups in total. The molecule has 196 valence electrons. The van der Waals surface area contributed by atoms with Crippen molar-refractivity contribution in [2.24, 2.45) is 0 Å². The molecule has 0 bridgehead atoms. The standard InChI is InChI=1S/C33H54N2/c1-9-13-22(5)28-18-26(19-29(32(28)34)23(6)14-10-2)17-27-20-30(24(7)15-11-3)33(35)31(21-27)25(8)16-12-4/h18-25H,9-17,34-35H2,1-8H3. The van der Waals surface area contributed by atoms with Crippen LogP contribution >= 0.6 is 0 Å². The van der Waals surface area contributed by atoms with E-state index < -0.39 is 0 Å². The van der Waals surface area contributed by atoms with Crippen LogP contribution in [0.3, 0.4) is 0 Å². The van der Waals surface area contributed by atoms with E-state index in [1.165, 1.54) is 84.7 Å². The van der Waals surface area contributed by atoms with Crippen molar-refractivity contribution in [3.05, 3.63) is 57.6 Å². The number of rotatable bonds is 14. The highest BCUT2D eigenvalue weighted by Gasteiger charge is 2.20. The van der Waals surface area contributed by atoms with Gasteiger partial charge in [0.25, 0.3) is 0 Å². The number of hydrogen-bond donors (Lipinski definition) is 2. The Morgan fingerprint density at radius 3 is 0.914 bits per heavy atom. The first-order valence-corrected chi connectivity index (χ1v) is 14.5. The summed E-state index contributed by atoms with van der Waals surface area (Å²) in [6.07, 6.45) is 10.4. The van der Waals surface area contributed by atoms with Gasteiger partial charge in [-0.25, -0.2) is 0 Å². The molecule has 0 aliphatic carbocycles. The SMILES string of the molecule is CCCC(C)c1cc(Cc2cc(C(C)CCC)c(N)c(C(C)CCC)c2)cc(C(C)CCC)c1N. The monoisotopic (exact) mass is 478 g/mol. The van der Waals surface area contributed by atoms with Gasteiger partial charge < -0.3 is 11.5 Å². The summed E-state index contributed by atoms with van der Waals surface area (Å²) in [6, 6.07) is 9.61. The van der Waals surface area contributed by atoms with Gasteiger partial charge >= 0.3 is 0 Å². The maximum atomic E-state index is 6.81. The summed E-state index contributed by atoms with van der Waals surface area (Å²) in [7, 11) is 0. The van der Waals surface area contributed by atoms with Crippen LogP contribution in [0.5, 0.6) is 0 Å². The third-order valence-corrected chi connectivity index (χ3v) is 8.03. The number of benzene rings is 2. The number of anilines is 2. The highest BCUT2D eigenvalue weighted by atomic mass is 14.6. The lowest BCUT2D eigenvalue weighted by Crippen LogP contribution is -2.09. The summed E-state index contributed by atoms with van der Waals surface area (Å²) < 4.78 is 0. The molecular weight excluding hydrogens is 424 g/mol. The van der Waals surface area contributed by atoms with Gasteiger partial charge in [-0.15, -0.1) is 0 Å². The summed E-state index contributed by atoms with van der Waals surface area (Å²) >= 11 is 0. The van der Waals surface area contributed by atoms with Gasteiger partial charge in [0.05, 0.1) is 0 Å². The molecule has 4 atom stereocenters. The van der Waals surface area contributed by atoms with Crippen LogP contribution in [0.2, 0.25) is 0 Å². The first kappa shape index (κ1) is 29.3. The maximum absolute atomic E-state index is 6.81. The van der Waals surface area contributed by atoms with Gasteiger partial charge in [-0.3, -0.25) is 0 Å². The highest BCUT2D eigenvalue weighted by molar-refractivity contribution is 5.61. The van der Waals surface area contributed by atoms with Crippen molar-refractivity contribution < 1.29 is 0 Å². The normalized spacial score (nSPS) is 15.1. The molecule has 2 aromatic carbocycles. The molecule has 0 heterocycles. The van der Waals surface area contributed by atoms with Crippen molar-refractivity contribution >= 4 is 11.4 Å². The van der Waals surface area contributed by atoms with Crippen molar-refractivity contribution in [3.63, 3.8) is 0 Å².